The van der Waals surface area contributed by atoms with Gasteiger partial charge in [0.25, 0.3) is 5.91 Å². The second kappa shape index (κ2) is 7.74. The molecule has 8 heteroatoms. The fourth-order valence-corrected chi connectivity index (χ4v) is 3.34. The Morgan fingerprint density at radius 1 is 1.03 bits per heavy atom. The Labute approximate surface area is 180 Å². The molecular weight excluding hydrogens is 429 g/mol. The van der Waals surface area contributed by atoms with E-state index in [0.717, 1.165) is 11.6 Å². The first-order chi connectivity index (χ1) is 14.6. The Kier molecular flexibility index (Phi) is 5.23. The Morgan fingerprint density at radius 3 is 2.55 bits per heavy atom. The second-order valence-corrected chi connectivity index (χ2v) is 7.57. The van der Waals surface area contributed by atoms with Gasteiger partial charge in [-0.1, -0.05) is 23.7 Å². The Balaban J connectivity index is 1.65. The van der Waals surface area contributed by atoms with E-state index in [9.17, 15) is 18.0 Å². The van der Waals surface area contributed by atoms with Crippen molar-refractivity contribution in [2.24, 2.45) is 0 Å². The minimum absolute atomic E-state index is 0.0373. The largest absolute Gasteiger partial charge is 0.436 e. The minimum atomic E-state index is -4.55. The van der Waals surface area contributed by atoms with Gasteiger partial charge in [-0.15, -0.1) is 0 Å². The predicted octanol–water partition coefficient (Wildman–Crippen LogP) is 7.04. The fourth-order valence-electron chi connectivity index (χ4n) is 3.18. The Hall–Kier alpha value is -3.32. The summed E-state index contributed by atoms with van der Waals surface area (Å²) < 4.78 is 45.3. The molecule has 1 aromatic heterocycles. The third-order valence-electron chi connectivity index (χ3n) is 4.81. The predicted molar refractivity (Wildman–Crippen MR) is 113 cm³/mol. The van der Waals surface area contributed by atoms with Crippen molar-refractivity contribution < 1.29 is 22.4 Å². The average Bonchev–Trinajstić information content (AvgIpc) is 3.12. The first-order valence-corrected chi connectivity index (χ1v) is 9.66. The molecule has 4 aromatic rings. The van der Waals surface area contributed by atoms with Crippen LogP contribution >= 0.6 is 11.6 Å². The highest BCUT2D eigenvalue weighted by Gasteiger charge is 2.33. The van der Waals surface area contributed by atoms with Crippen LogP contribution in [0.1, 0.15) is 27.0 Å². The van der Waals surface area contributed by atoms with E-state index >= 15 is 0 Å². The van der Waals surface area contributed by atoms with Gasteiger partial charge in [-0.25, -0.2) is 4.98 Å². The molecule has 0 aliphatic heterocycles. The number of alkyl halides is 3. The van der Waals surface area contributed by atoms with E-state index in [2.05, 4.69) is 10.3 Å². The number of aryl methyl sites for hydroxylation is 2. The van der Waals surface area contributed by atoms with E-state index < -0.39 is 17.6 Å². The zero-order valence-corrected chi connectivity index (χ0v) is 17.2. The van der Waals surface area contributed by atoms with Crippen molar-refractivity contribution in [1.82, 2.24) is 4.98 Å². The molecule has 0 bridgehead atoms. The van der Waals surface area contributed by atoms with Gasteiger partial charge in [0.2, 0.25) is 5.89 Å². The van der Waals surface area contributed by atoms with E-state index in [1.54, 1.807) is 18.2 Å². The summed E-state index contributed by atoms with van der Waals surface area (Å²) in [5.74, 6) is -0.375. The topological polar surface area (TPSA) is 55.1 Å². The van der Waals surface area contributed by atoms with Crippen LogP contribution in [0.4, 0.5) is 18.9 Å². The van der Waals surface area contributed by atoms with Gasteiger partial charge >= 0.3 is 6.18 Å². The van der Waals surface area contributed by atoms with Gasteiger partial charge in [0.1, 0.15) is 5.52 Å². The number of halogens is 4. The van der Waals surface area contributed by atoms with E-state index in [1.165, 1.54) is 19.1 Å². The normalized spacial score (nSPS) is 11.7. The summed E-state index contributed by atoms with van der Waals surface area (Å²) in [4.78, 5) is 17.1. The number of carbonyl (C=O) groups is 1. The van der Waals surface area contributed by atoms with Crippen LogP contribution in [0.5, 0.6) is 0 Å². The van der Waals surface area contributed by atoms with Crippen molar-refractivity contribution in [2.75, 3.05) is 5.32 Å². The maximum Gasteiger partial charge on any atom is 0.416 e. The molecule has 0 saturated carbocycles. The lowest BCUT2D eigenvalue weighted by molar-refractivity contribution is -0.138. The zero-order valence-electron chi connectivity index (χ0n) is 16.5. The number of nitrogens with one attached hydrogen (secondary N) is 1. The number of oxazole rings is 1. The molecule has 0 unspecified atom stereocenters. The number of aromatic nitrogens is 1. The number of benzene rings is 3. The van der Waals surface area contributed by atoms with E-state index in [-0.39, 0.29) is 21.8 Å². The quantitative estimate of drug-likeness (QED) is 0.369. The summed E-state index contributed by atoms with van der Waals surface area (Å²) >= 11 is 6.20. The van der Waals surface area contributed by atoms with E-state index in [1.807, 2.05) is 25.1 Å². The summed E-state index contributed by atoms with van der Waals surface area (Å²) in [5, 5.41) is 2.80. The highest BCUT2D eigenvalue weighted by atomic mass is 35.5. The molecule has 1 amide bonds. The third-order valence-corrected chi connectivity index (χ3v) is 5.14. The van der Waals surface area contributed by atoms with Gasteiger partial charge < -0.3 is 9.73 Å². The molecule has 0 aliphatic carbocycles. The SMILES string of the molecule is Cc1ccc2oc(-c3ccc(Cl)c(NC(=O)c4ccc(C)c(C(F)(F)F)c4)c3)nc2c1. The summed E-state index contributed by atoms with van der Waals surface area (Å²) in [7, 11) is 0. The van der Waals surface area contributed by atoms with Crippen molar-refractivity contribution in [1.29, 1.82) is 0 Å². The number of nitrogens with zero attached hydrogens (tertiary/aromatic N) is 1. The lowest BCUT2D eigenvalue weighted by atomic mass is 10.0. The average molecular weight is 445 g/mol. The highest BCUT2D eigenvalue weighted by molar-refractivity contribution is 6.34. The van der Waals surface area contributed by atoms with Crippen molar-refractivity contribution in [3.63, 3.8) is 0 Å². The maximum atomic E-state index is 13.2. The molecule has 31 heavy (non-hydrogen) atoms. The standard InChI is InChI=1S/C23H16ClF3N2O2/c1-12-3-8-20-19(9-12)29-22(31-20)15-6-7-17(24)18(11-15)28-21(30)14-5-4-13(2)16(10-14)23(25,26)27/h3-11H,1-2H3,(H,28,30). The first-order valence-electron chi connectivity index (χ1n) is 9.28. The lowest BCUT2D eigenvalue weighted by Crippen LogP contribution is -2.15. The number of rotatable bonds is 3. The van der Waals surface area contributed by atoms with E-state index in [0.29, 0.717) is 22.6 Å². The number of fused-ring (bicyclic) bond motifs is 1. The molecule has 0 aliphatic rings. The monoisotopic (exact) mass is 444 g/mol. The van der Waals surface area contributed by atoms with Crippen LogP contribution < -0.4 is 5.32 Å². The van der Waals surface area contributed by atoms with Gasteiger partial charge in [0.15, 0.2) is 5.58 Å². The molecule has 0 spiro atoms. The third kappa shape index (κ3) is 4.27. The van der Waals surface area contributed by atoms with Crippen LogP contribution in [0.3, 0.4) is 0 Å². The van der Waals surface area contributed by atoms with Gasteiger partial charge in [0, 0.05) is 11.1 Å². The molecule has 158 valence electrons. The number of hydrogen-bond donors (Lipinski definition) is 1. The summed E-state index contributed by atoms with van der Waals surface area (Å²) in [5.41, 5.74) is 2.18. The smallest absolute Gasteiger partial charge is 0.416 e. The molecular formula is C23H16ClF3N2O2. The lowest BCUT2D eigenvalue weighted by Gasteiger charge is -2.13. The van der Waals surface area contributed by atoms with Crippen LogP contribution in [-0.4, -0.2) is 10.9 Å². The molecule has 0 fully saturated rings. The minimum Gasteiger partial charge on any atom is -0.436 e. The van der Waals surface area contributed by atoms with Crippen LogP contribution in [-0.2, 0) is 6.18 Å². The van der Waals surface area contributed by atoms with Crippen LogP contribution in [0, 0.1) is 13.8 Å². The first kappa shape index (κ1) is 20.9. The second-order valence-electron chi connectivity index (χ2n) is 7.17. The Morgan fingerprint density at radius 2 is 1.81 bits per heavy atom. The number of anilines is 1. The molecule has 3 aromatic carbocycles. The zero-order chi connectivity index (χ0) is 22.3. The maximum absolute atomic E-state index is 13.2. The van der Waals surface area contributed by atoms with Gasteiger partial charge in [-0.2, -0.15) is 13.2 Å². The number of amides is 1. The van der Waals surface area contributed by atoms with Crippen LogP contribution in [0.2, 0.25) is 5.02 Å². The summed E-state index contributed by atoms with van der Waals surface area (Å²) in [6.07, 6.45) is -4.55. The van der Waals surface area contributed by atoms with Crippen molar-refractivity contribution in [2.45, 2.75) is 20.0 Å². The summed E-state index contributed by atoms with van der Waals surface area (Å²) in [6, 6.07) is 13.8. The molecule has 0 saturated heterocycles. The van der Waals surface area contributed by atoms with Gasteiger partial charge in [-0.3, -0.25) is 4.79 Å². The van der Waals surface area contributed by atoms with Crippen molar-refractivity contribution in [3.05, 3.63) is 81.9 Å². The molecule has 1 N–H and O–H groups in total. The van der Waals surface area contributed by atoms with Gasteiger partial charge in [-0.05, 0) is 67.4 Å². The molecule has 0 radical (unpaired) electrons. The highest BCUT2D eigenvalue weighted by Crippen LogP contribution is 2.34. The van der Waals surface area contributed by atoms with Crippen LogP contribution in [0.25, 0.3) is 22.6 Å². The fraction of sp³-hybridized carbons (Fsp3) is 0.130. The van der Waals surface area contributed by atoms with Crippen molar-refractivity contribution in [3.8, 4) is 11.5 Å². The summed E-state index contributed by atoms with van der Waals surface area (Å²) in [6.45, 7) is 3.28. The number of carbonyl (C=O) groups excluding carboxylic acids is 1. The molecule has 1 heterocycles. The van der Waals surface area contributed by atoms with Gasteiger partial charge in [0.05, 0.1) is 16.3 Å². The van der Waals surface area contributed by atoms with Crippen LogP contribution in [0.15, 0.2) is 59.0 Å². The van der Waals surface area contributed by atoms with Crippen molar-refractivity contribution >= 4 is 34.3 Å². The molecule has 4 nitrogen and oxygen atoms in total. The number of hydrogen-bond acceptors (Lipinski definition) is 3. The Bertz CT molecular complexity index is 1310. The molecule has 4 rings (SSSR count). The van der Waals surface area contributed by atoms with E-state index in [4.69, 9.17) is 16.0 Å². The molecule has 0 atom stereocenters.